The molecule has 5 heteroatoms. The van der Waals surface area contributed by atoms with Crippen molar-refractivity contribution in [3.63, 3.8) is 0 Å². The Morgan fingerprint density at radius 3 is 2.22 bits per heavy atom. The summed E-state index contributed by atoms with van der Waals surface area (Å²) in [5.41, 5.74) is 2.16. The highest BCUT2D eigenvalue weighted by atomic mass is 32.3. The van der Waals surface area contributed by atoms with Gasteiger partial charge in [0.2, 0.25) is 0 Å². The fourth-order valence-electron chi connectivity index (χ4n) is 2.79. The fourth-order valence-corrected chi connectivity index (χ4v) is 4.61. The first-order chi connectivity index (χ1) is 11.0. The van der Waals surface area contributed by atoms with E-state index in [1.54, 1.807) is 0 Å². The molecular weight excluding hydrogens is 310 g/mol. The topological polar surface area (TPSA) is 61.7 Å². The molecule has 2 aromatic rings. The molecule has 3 N–H and O–H groups in total. The van der Waals surface area contributed by atoms with Crippen molar-refractivity contribution in [2.75, 3.05) is 18.8 Å². The van der Waals surface area contributed by atoms with Crippen LogP contribution in [0.1, 0.15) is 22.8 Å². The van der Waals surface area contributed by atoms with Gasteiger partial charge in [-0.25, -0.2) is 0 Å². The Labute approximate surface area is 138 Å². The van der Waals surface area contributed by atoms with E-state index in [2.05, 4.69) is 5.32 Å². The molecule has 2 aromatic carbocycles. The van der Waals surface area contributed by atoms with E-state index in [0.29, 0.717) is 12.3 Å². The number of benzene rings is 2. The molecule has 0 spiro atoms. The van der Waals surface area contributed by atoms with Crippen LogP contribution in [0.2, 0.25) is 0 Å². The standard InChI is InChI=1S/C18H23NO3S/c1-14-2-6-16(7-3-14)22-17-8-4-15(5-9-17)18-10-11-19-12-13-23(18,20)21/h2-9,18-21H,10-13H2,1H3. The summed E-state index contributed by atoms with van der Waals surface area (Å²) in [4.78, 5) is 0. The van der Waals surface area contributed by atoms with E-state index in [1.165, 1.54) is 5.56 Å². The zero-order valence-electron chi connectivity index (χ0n) is 13.2. The number of hydrogen-bond donors (Lipinski definition) is 3. The number of aryl methyl sites for hydroxylation is 1. The van der Waals surface area contributed by atoms with Crippen LogP contribution in [0.25, 0.3) is 0 Å². The summed E-state index contributed by atoms with van der Waals surface area (Å²) in [6.45, 7) is 3.51. The molecule has 124 valence electrons. The molecule has 0 aromatic heterocycles. The third-order valence-corrected chi connectivity index (χ3v) is 6.35. The van der Waals surface area contributed by atoms with Gasteiger partial charge in [-0.2, -0.15) is 10.6 Å². The van der Waals surface area contributed by atoms with Crippen molar-refractivity contribution >= 4 is 10.6 Å². The van der Waals surface area contributed by atoms with Crippen LogP contribution in [0.3, 0.4) is 0 Å². The van der Waals surface area contributed by atoms with Crippen molar-refractivity contribution in [1.29, 1.82) is 0 Å². The van der Waals surface area contributed by atoms with Gasteiger partial charge in [0.05, 0.1) is 11.0 Å². The van der Waals surface area contributed by atoms with Crippen molar-refractivity contribution < 1.29 is 13.8 Å². The molecule has 4 nitrogen and oxygen atoms in total. The summed E-state index contributed by atoms with van der Waals surface area (Å²) >= 11 is 0. The number of hydrogen-bond acceptors (Lipinski definition) is 4. The molecule has 1 unspecified atom stereocenters. The van der Waals surface area contributed by atoms with Crippen molar-refractivity contribution in [2.24, 2.45) is 0 Å². The van der Waals surface area contributed by atoms with E-state index in [1.807, 2.05) is 55.5 Å². The van der Waals surface area contributed by atoms with Crippen LogP contribution >= 0.6 is 10.6 Å². The van der Waals surface area contributed by atoms with Gasteiger partial charge >= 0.3 is 0 Å². The maximum Gasteiger partial charge on any atom is 0.127 e. The van der Waals surface area contributed by atoms with Crippen molar-refractivity contribution in [3.8, 4) is 11.5 Å². The quantitative estimate of drug-likeness (QED) is 0.770. The highest BCUT2D eigenvalue weighted by Gasteiger charge is 2.28. The summed E-state index contributed by atoms with van der Waals surface area (Å²) in [6, 6.07) is 15.6. The van der Waals surface area contributed by atoms with E-state index in [9.17, 15) is 9.11 Å². The lowest BCUT2D eigenvalue weighted by Crippen LogP contribution is -2.17. The molecule has 0 saturated carbocycles. The minimum atomic E-state index is -2.59. The molecule has 3 rings (SSSR count). The van der Waals surface area contributed by atoms with Gasteiger partial charge in [-0.1, -0.05) is 29.8 Å². The first kappa shape index (κ1) is 16.3. The Hall–Kier alpha value is -1.53. The SMILES string of the molecule is Cc1ccc(Oc2ccc(C3CCNCCS3(O)O)cc2)cc1. The highest BCUT2D eigenvalue weighted by Crippen LogP contribution is 2.55. The predicted molar refractivity (Wildman–Crippen MR) is 95.6 cm³/mol. The molecular formula is C18H23NO3S. The monoisotopic (exact) mass is 333 g/mol. The molecule has 0 radical (unpaired) electrons. The predicted octanol–water partition coefficient (Wildman–Crippen LogP) is 4.57. The first-order valence-corrected chi connectivity index (χ1v) is 9.62. The second-order valence-corrected chi connectivity index (χ2v) is 8.34. The molecule has 1 heterocycles. The molecule has 0 bridgehead atoms. The molecule has 1 atom stereocenters. The number of ether oxygens (including phenoxy) is 1. The van der Waals surface area contributed by atoms with Crippen LogP contribution in [-0.4, -0.2) is 27.9 Å². The zero-order chi connectivity index (χ0) is 16.3. The smallest absolute Gasteiger partial charge is 0.127 e. The molecule has 0 amide bonds. The Morgan fingerprint density at radius 2 is 1.57 bits per heavy atom. The van der Waals surface area contributed by atoms with E-state index in [0.717, 1.165) is 30.0 Å². The minimum Gasteiger partial charge on any atom is -0.457 e. The Morgan fingerprint density at radius 1 is 0.957 bits per heavy atom. The van der Waals surface area contributed by atoms with Gasteiger partial charge in [0, 0.05) is 6.54 Å². The van der Waals surface area contributed by atoms with Crippen LogP contribution in [0, 0.1) is 6.92 Å². The number of nitrogens with one attached hydrogen (secondary N) is 1. The largest absolute Gasteiger partial charge is 0.457 e. The fraction of sp³-hybridized carbons (Fsp3) is 0.333. The molecule has 1 saturated heterocycles. The normalized spacial score (nSPS) is 22.1. The lowest BCUT2D eigenvalue weighted by atomic mass is 10.1. The van der Waals surface area contributed by atoms with Gasteiger partial charge < -0.3 is 10.1 Å². The maximum absolute atomic E-state index is 10.4. The highest BCUT2D eigenvalue weighted by molar-refractivity contribution is 8.24. The molecule has 1 aliphatic rings. The van der Waals surface area contributed by atoms with E-state index in [4.69, 9.17) is 4.74 Å². The van der Waals surface area contributed by atoms with Crippen LogP contribution in [0.4, 0.5) is 0 Å². The Kier molecular flexibility index (Phi) is 4.92. The Balaban J connectivity index is 1.74. The minimum absolute atomic E-state index is 0.203. The van der Waals surface area contributed by atoms with Gasteiger partial charge in [-0.05, 0) is 49.7 Å². The average molecular weight is 333 g/mol. The van der Waals surface area contributed by atoms with Gasteiger partial charge in [-0.3, -0.25) is 9.11 Å². The summed E-state index contributed by atoms with van der Waals surface area (Å²) in [7, 11) is -2.59. The summed E-state index contributed by atoms with van der Waals surface area (Å²) in [6.07, 6.45) is 0.737. The molecule has 1 fully saturated rings. The summed E-state index contributed by atoms with van der Waals surface area (Å²) in [5.74, 6) is 1.96. The first-order valence-electron chi connectivity index (χ1n) is 7.84. The van der Waals surface area contributed by atoms with Crippen molar-refractivity contribution in [2.45, 2.75) is 18.6 Å². The van der Waals surface area contributed by atoms with E-state index >= 15 is 0 Å². The second-order valence-electron chi connectivity index (χ2n) is 5.93. The van der Waals surface area contributed by atoms with Gasteiger partial charge in [-0.15, -0.1) is 0 Å². The third-order valence-electron chi connectivity index (χ3n) is 4.13. The zero-order valence-corrected chi connectivity index (χ0v) is 14.1. The Bertz CT molecular complexity index is 640. The average Bonchev–Trinajstić information content (AvgIpc) is 2.71. The van der Waals surface area contributed by atoms with Gasteiger partial charge in [0.25, 0.3) is 0 Å². The molecule has 0 aliphatic carbocycles. The van der Waals surface area contributed by atoms with Crippen molar-refractivity contribution in [3.05, 3.63) is 59.7 Å². The van der Waals surface area contributed by atoms with Crippen LogP contribution in [-0.2, 0) is 0 Å². The lowest BCUT2D eigenvalue weighted by molar-refractivity contribution is 0.470. The maximum atomic E-state index is 10.4. The van der Waals surface area contributed by atoms with E-state index < -0.39 is 10.6 Å². The van der Waals surface area contributed by atoms with E-state index in [-0.39, 0.29) is 5.25 Å². The molecule has 1 aliphatic heterocycles. The van der Waals surface area contributed by atoms with Crippen molar-refractivity contribution in [1.82, 2.24) is 5.32 Å². The second kappa shape index (κ2) is 6.93. The van der Waals surface area contributed by atoms with Crippen LogP contribution in [0.5, 0.6) is 11.5 Å². The summed E-state index contributed by atoms with van der Waals surface area (Å²) < 4.78 is 26.6. The van der Waals surface area contributed by atoms with Crippen LogP contribution in [0.15, 0.2) is 48.5 Å². The number of rotatable bonds is 3. The van der Waals surface area contributed by atoms with Gasteiger partial charge in [0.1, 0.15) is 11.5 Å². The third kappa shape index (κ3) is 4.06. The van der Waals surface area contributed by atoms with Crippen LogP contribution < -0.4 is 10.1 Å². The summed E-state index contributed by atoms with van der Waals surface area (Å²) in [5, 5.41) is 3.02. The van der Waals surface area contributed by atoms with Gasteiger partial charge in [0.15, 0.2) is 0 Å². The molecule has 23 heavy (non-hydrogen) atoms. The lowest BCUT2D eigenvalue weighted by Gasteiger charge is -2.38.